The molecule has 0 aliphatic carbocycles. The van der Waals surface area contributed by atoms with Crippen LogP contribution in [0.5, 0.6) is 5.75 Å². The summed E-state index contributed by atoms with van der Waals surface area (Å²) in [6, 6.07) is 6.19. The molecule has 0 aliphatic rings. The Morgan fingerprint density at radius 3 is 2.73 bits per heavy atom. The maximum Gasteiger partial charge on any atom is 0.387 e. The van der Waals surface area contributed by atoms with E-state index in [1.165, 1.54) is 12.1 Å². The van der Waals surface area contributed by atoms with Crippen LogP contribution in [0.2, 0.25) is 0 Å². The summed E-state index contributed by atoms with van der Waals surface area (Å²) >= 11 is 0. The van der Waals surface area contributed by atoms with Crippen LogP contribution in [0.4, 0.5) is 8.78 Å². The Labute approximate surface area is 130 Å². The van der Waals surface area contributed by atoms with Crippen molar-refractivity contribution in [2.45, 2.75) is 37.9 Å². The van der Waals surface area contributed by atoms with Gasteiger partial charge < -0.3 is 9.15 Å². The highest BCUT2D eigenvalue weighted by molar-refractivity contribution is 7.83. The fourth-order valence-electron chi connectivity index (χ4n) is 1.84. The number of rotatable bonds is 7. The van der Waals surface area contributed by atoms with Gasteiger partial charge in [0.15, 0.2) is 0 Å². The van der Waals surface area contributed by atoms with Gasteiger partial charge in [0.2, 0.25) is 5.89 Å². The zero-order valence-corrected chi connectivity index (χ0v) is 13.1. The van der Waals surface area contributed by atoms with Crippen molar-refractivity contribution in [1.29, 1.82) is 0 Å². The first-order valence-electron chi connectivity index (χ1n) is 6.77. The molecule has 1 aromatic carbocycles. The Kier molecular flexibility index (Phi) is 5.65. The number of halogens is 2. The third-order valence-corrected chi connectivity index (χ3v) is 4.10. The van der Waals surface area contributed by atoms with Crippen molar-refractivity contribution in [3.8, 4) is 5.75 Å². The first kappa shape index (κ1) is 16.6. The van der Waals surface area contributed by atoms with Crippen LogP contribution in [0, 0.1) is 0 Å². The smallest absolute Gasteiger partial charge is 0.387 e. The molecule has 22 heavy (non-hydrogen) atoms. The van der Waals surface area contributed by atoms with Crippen molar-refractivity contribution < 1.29 is 22.1 Å². The van der Waals surface area contributed by atoms with Gasteiger partial charge >= 0.3 is 6.61 Å². The summed E-state index contributed by atoms with van der Waals surface area (Å²) in [4.78, 5) is 4.09. The van der Waals surface area contributed by atoms with Gasteiger partial charge in [-0.2, -0.15) is 8.78 Å². The summed E-state index contributed by atoms with van der Waals surface area (Å²) in [6.07, 6.45) is 1.63. The van der Waals surface area contributed by atoms with Gasteiger partial charge in [0, 0.05) is 22.5 Å². The highest BCUT2D eigenvalue weighted by Crippen LogP contribution is 2.19. The SMILES string of the molecule is CC(C)c1cnc(CS(=O)Cc2cccc(OC(F)F)c2)o1. The number of alkyl halides is 2. The zero-order chi connectivity index (χ0) is 16.1. The van der Waals surface area contributed by atoms with Crippen molar-refractivity contribution >= 4 is 10.8 Å². The molecule has 0 bridgehead atoms. The first-order chi connectivity index (χ1) is 10.4. The van der Waals surface area contributed by atoms with Crippen LogP contribution < -0.4 is 4.74 Å². The number of oxazole rings is 1. The molecular weight excluding hydrogens is 312 g/mol. The third-order valence-electron chi connectivity index (χ3n) is 2.88. The van der Waals surface area contributed by atoms with E-state index in [0.717, 1.165) is 5.76 Å². The third kappa shape index (κ3) is 4.91. The average molecular weight is 329 g/mol. The van der Waals surface area contributed by atoms with E-state index >= 15 is 0 Å². The summed E-state index contributed by atoms with van der Waals surface area (Å²) in [5, 5.41) is 0. The molecule has 0 saturated carbocycles. The Bertz CT molecular complexity index is 643. The standard InChI is InChI=1S/C15H17F2NO3S/c1-10(2)13-7-18-14(21-13)9-22(19)8-11-4-3-5-12(6-11)20-15(16)17/h3-7,10,15H,8-9H2,1-2H3. The maximum atomic E-state index is 12.2. The van der Waals surface area contributed by atoms with E-state index in [1.54, 1.807) is 18.3 Å². The van der Waals surface area contributed by atoms with Gasteiger partial charge in [-0.15, -0.1) is 0 Å². The number of hydrogen-bond donors (Lipinski definition) is 0. The predicted molar refractivity (Wildman–Crippen MR) is 79.2 cm³/mol. The van der Waals surface area contributed by atoms with Gasteiger partial charge in [-0.3, -0.25) is 4.21 Å². The molecule has 1 heterocycles. The fraction of sp³-hybridized carbons (Fsp3) is 0.400. The molecule has 120 valence electrons. The van der Waals surface area contributed by atoms with Crippen molar-refractivity contribution in [3.63, 3.8) is 0 Å². The van der Waals surface area contributed by atoms with E-state index < -0.39 is 17.4 Å². The summed E-state index contributed by atoms with van der Waals surface area (Å²) in [7, 11) is -1.24. The number of ether oxygens (including phenoxy) is 1. The number of benzene rings is 1. The number of hydrogen-bond acceptors (Lipinski definition) is 4. The molecule has 2 aromatic rings. The van der Waals surface area contributed by atoms with Gasteiger partial charge in [-0.25, -0.2) is 4.98 Å². The number of nitrogens with zero attached hydrogens (tertiary/aromatic N) is 1. The van der Waals surface area contributed by atoms with E-state index in [-0.39, 0.29) is 23.2 Å². The minimum atomic E-state index is -2.87. The van der Waals surface area contributed by atoms with Crippen LogP contribution in [0.25, 0.3) is 0 Å². The normalized spacial score (nSPS) is 12.8. The number of aromatic nitrogens is 1. The van der Waals surface area contributed by atoms with Crippen LogP contribution in [-0.2, 0) is 22.3 Å². The summed E-state index contributed by atoms with van der Waals surface area (Å²) in [6.45, 7) is 1.09. The summed E-state index contributed by atoms with van der Waals surface area (Å²) in [5.41, 5.74) is 0.659. The molecule has 0 amide bonds. The first-order valence-corrected chi connectivity index (χ1v) is 8.26. The van der Waals surface area contributed by atoms with Crippen molar-refractivity contribution in [1.82, 2.24) is 4.98 Å². The van der Waals surface area contributed by atoms with Crippen LogP contribution in [-0.4, -0.2) is 15.8 Å². The van der Waals surface area contributed by atoms with Gasteiger partial charge in [0.05, 0.1) is 6.20 Å². The largest absolute Gasteiger partial charge is 0.444 e. The van der Waals surface area contributed by atoms with Crippen LogP contribution in [0.3, 0.4) is 0 Å². The summed E-state index contributed by atoms with van der Waals surface area (Å²) < 4.78 is 46.3. The Morgan fingerprint density at radius 2 is 2.09 bits per heavy atom. The van der Waals surface area contributed by atoms with Crippen molar-refractivity contribution in [2.24, 2.45) is 0 Å². The highest BCUT2D eigenvalue weighted by atomic mass is 32.2. The lowest BCUT2D eigenvalue weighted by Crippen LogP contribution is -2.03. The molecular formula is C15H17F2NO3S. The van der Waals surface area contributed by atoms with Crippen LogP contribution >= 0.6 is 0 Å². The topological polar surface area (TPSA) is 52.3 Å². The van der Waals surface area contributed by atoms with Crippen LogP contribution in [0.1, 0.15) is 37.0 Å². The highest BCUT2D eigenvalue weighted by Gasteiger charge is 2.12. The van der Waals surface area contributed by atoms with Gasteiger partial charge in [-0.1, -0.05) is 26.0 Å². The maximum absolute atomic E-state index is 12.2. The molecule has 2 rings (SSSR count). The molecule has 0 N–H and O–H groups in total. The average Bonchev–Trinajstić information content (AvgIpc) is 2.86. The van der Waals surface area contributed by atoms with Gasteiger partial charge in [0.1, 0.15) is 17.3 Å². The predicted octanol–water partition coefficient (Wildman–Crippen LogP) is 3.85. The van der Waals surface area contributed by atoms with E-state index in [1.807, 2.05) is 13.8 Å². The Hall–Kier alpha value is -1.76. The monoisotopic (exact) mass is 329 g/mol. The molecule has 7 heteroatoms. The molecule has 1 aromatic heterocycles. The molecule has 1 unspecified atom stereocenters. The van der Waals surface area contributed by atoms with E-state index in [9.17, 15) is 13.0 Å². The molecule has 0 fully saturated rings. The minimum Gasteiger partial charge on any atom is -0.444 e. The lowest BCUT2D eigenvalue weighted by Gasteiger charge is -2.06. The van der Waals surface area contributed by atoms with Crippen LogP contribution in [0.15, 0.2) is 34.9 Å². The second-order valence-corrected chi connectivity index (χ2v) is 6.52. The second kappa shape index (κ2) is 7.49. The molecule has 0 radical (unpaired) electrons. The lowest BCUT2D eigenvalue weighted by molar-refractivity contribution is -0.0498. The van der Waals surface area contributed by atoms with E-state index in [4.69, 9.17) is 4.42 Å². The van der Waals surface area contributed by atoms with E-state index in [2.05, 4.69) is 9.72 Å². The molecule has 0 saturated heterocycles. The van der Waals surface area contributed by atoms with Gasteiger partial charge in [0.25, 0.3) is 0 Å². The molecule has 0 spiro atoms. The van der Waals surface area contributed by atoms with Crippen molar-refractivity contribution in [2.75, 3.05) is 0 Å². The molecule has 1 atom stereocenters. The lowest BCUT2D eigenvalue weighted by atomic mass is 10.2. The quantitative estimate of drug-likeness (QED) is 0.774. The molecule has 0 aliphatic heterocycles. The minimum absolute atomic E-state index is 0.0581. The van der Waals surface area contributed by atoms with E-state index in [0.29, 0.717) is 11.5 Å². The Morgan fingerprint density at radius 1 is 1.32 bits per heavy atom. The van der Waals surface area contributed by atoms with Gasteiger partial charge in [-0.05, 0) is 17.7 Å². The fourth-order valence-corrected chi connectivity index (χ4v) is 2.91. The summed E-state index contributed by atoms with van der Waals surface area (Å²) in [5.74, 6) is 1.86. The Balaban J connectivity index is 1.96. The molecule has 4 nitrogen and oxygen atoms in total. The zero-order valence-electron chi connectivity index (χ0n) is 12.3. The van der Waals surface area contributed by atoms with Crippen molar-refractivity contribution in [3.05, 3.63) is 47.7 Å². The second-order valence-electron chi connectivity index (χ2n) is 5.07.